The highest BCUT2D eigenvalue weighted by Crippen LogP contribution is 2.37. The number of carbonyl (C=O) groups excluding carboxylic acids is 1. The smallest absolute Gasteiger partial charge is 0.225 e. The first-order chi connectivity index (χ1) is 12.2. The van der Waals surface area contributed by atoms with Gasteiger partial charge in [-0.05, 0) is 23.3 Å². The average molecular weight is 350 g/mol. The van der Waals surface area contributed by atoms with E-state index in [1.165, 1.54) is 11.8 Å². The zero-order valence-corrected chi connectivity index (χ0v) is 14.7. The van der Waals surface area contributed by atoms with Crippen molar-refractivity contribution in [1.29, 1.82) is 5.26 Å². The van der Waals surface area contributed by atoms with Crippen LogP contribution in [0, 0.1) is 11.3 Å². The Balaban J connectivity index is 1.90. The molecule has 0 fully saturated rings. The van der Waals surface area contributed by atoms with Crippen molar-refractivity contribution in [3.05, 3.63) is 76.3 Å². The maximum Gasteiger partial charge on any atom is 0.225 e. The summed E-state index contributed by atoms with van der Waals surface area (Å²) >= 11 is 1.49. The van der Waals surface area contributed by atoms with Crippen molar-refractivity contribution >= 4 is 17.7 Å². The molecule has 1 atom stereocenters. The summed E-state index contributed by atoms with van der Waals surface area (Å²) in [4.78, 5) is 12.2. The summed E-state index contributed by atoms with van der Waals surface area (Å²) in [5.74, 6) is 1.11. The van der Waals surface area contributed by atoms with Crippen LogP contribution in [-0.4, -0.2) is 13.0 Å². The minimum absolute atomic E-state index is 0.0672. The molecule has 3 rings (SSSR count). The molecule has 5 heteroatoms. The minimum Gasteiger partial charge on any atom is -0.497 e. The molecule has 1 unspecified atom stereocenters. The van der Waals surface area contributed by atoms with E-state index in [4.69, 9.17) is 4.74 Å². The van der Waals surface area contributed by atoms with Gasteiger partial charge in [-0.3, -0.25) is 4.79 Å². The van der Waals surface area contributed by atoms with Crippen molar-refractivity contribution in [2.24, 2.45) is 0 Å². The highest BCUT2D eigenvalue weighted by Gasteiger charge is 2.29. The molecule has 1 N–H and O–H groups in total. The van der Waals surface area contributed by atoms with Gasteiger partial charge in [0, 0.05) is 18.1 Å². The van der Waals surface area contributed by atoms with E-state index in [1.807, 2.05) is 54.6 Å². The largest absolute Gasteiger partial charge is 0.497 e. The fraction of sp³-hybridized carbons (Fsp3) is 0.200. The fourth-order valence-electron chi connectivity index (χ4n) is 2.81. The van der Waals surface area contributed by atoms with Gasteiger partial charge < -0.3 is 10.1 Å². The molecule has 1 aliphatic heterocycles. The van der Waals surface area contributed by atoms with Gasteiger partial charge in [-0.1, -0.05) is 42.5 Å². The van der Waals surface area contributed by atoms with Gasteiger partial charge in [0.25, 0.3) is 0 Å². The Bertz CT molecular complexity index is 840. The Morgan fingerprint density at radius 1 is 1.24 bits per heavy atom. The van der Waals surface area contributed by atoms with Crippen molar-refractivity contribution in [2.45, 2.75) is 18.1 Å². The number of carbonyl (C=O) groups is 1. The quantitative estimate of drug-likeness (QED) is 0.886. The monoisotopic (exact) mass is 350 g/mol. The summed E-state index contributed by atoms with van der Waals surface area (Å²) in [6.45, 7) is 0. The fourth-order valence-corrected chi connectivity index (χ4v) is 3.84. The van der Waals surface area contributed by atoms with Crippen LogP contribution in [0.2, 0.25) is 0 Å². The van der Waals surface area contributed by atoms with Crippen LogP contribution >= 0.6 is 11.8 Å². The van der Waals surface area contributed by atoms with Crippen LogP contribution in [0.5, 0.6) is 5.75 Å². The maximum absolute atomic E-state index is 12.2. The van der Waals surface area contributed by atoms with Crippen LogP contribution in [-0.2, 0) is 10.5 Å². The normalized spacial score (nSPS) is 17.0. The highest BCUT2D eigenvalue weighted by molar-refractivity contribution is 8.02. The van der Waals surface area contributed by atoms with E-state index >= 15 is 0 Å². The van der Waals surface area contributed by atoms with E-state index in [9.17, 15) is 10.1 Å². The van der Waals surface area contributed by atoms with Gasteiger partial charge in [0.1, 0.15) is 5.75 Å². The van der Waals surface area contributed by atoms with Crippen LogP contribution in [0.4, 0.5) is 0 Å². The number of ether oxygens (including phenoxy) is 1. The van der Waals surface area contributed by atoms with E-state index in [2.05, 4.69) is 11.4 Å². The van der Waals surface area contributed by atoms with Gasteiger partial charge in [0.2, 0.25) is 5.91 Å². The van der Waals surface area contributed by atoms with Crippen LogP contribution in [0.25, 0.3) is 0 Å². The van der Waals surface area contributed by atoms with Crippen molar-refractivity contribution < 1.29 is 9.53 Å². The minimum atomic E-state index is -0.243. The van der Waals surface area contributed by atoms with Gasteiger partial charge >= 0.3 is 0 Å². The van der Waals surface area contributed by atoms with Crippen molar-refractivity contribution in [1.82, 2.24) is 5.32 Å². The molecule has 0 spiro atoms. The number of hydrogen-bond donors (Lipinski definition) is 1. The predicted molar refractivity (Wildman–Crippen MR) is 98.9 cm³/mol. The molecule has 4 nitrogen and oxygen atoms in total. The molecule has 1 heterocycles. The van der Waals surface area contributed by atoms with E-state index in [-0.39, 0.29) is 18.2 Å². The standard InChI is InChI=1S/C20H18N2O2S/c1-24-16-9-5-8-15(10-16)17-11-19(23)22-20(18(17)12-21)25-13-14-6-3-2-4-7-14/h2-10,17H,11,13H2,1H3,(H,22,23). The number of nitrogens with zero attached hydrogens (tertiary/aromatic N) is 1. The average Bonchev–Trinajstić information content (AvgIpc) is 2.66. The maximum atomic E-state index is 12.2. The molecular formula is C20H18N2O2S. The van der Waals surface area contributed by atoms with Gasteiger partial charge in [-0.15, -0.1) is 11.8 Å². The zero-order chi connectivity index (χ0) is 17.6. The lowest BCUT2D eigenvalue weighted by atomic mass is 9.87. The number of amides is 1. The molecule has 25 heavy (non-hydrogen) atoms. The summed E-state index contributed by atoms with van der Waals surface area (Å²) < 4.78 is 5.27. The third-order valence-electron chi connectivity index (χ3n) is 4.08. The number of hydrogen-bond acceptors (Lipinski definition) is 4. The number of nitriles is 1. The number of thioether (sulfide) groups is 1. The third-order valence-corrected chi connectivity index (χ3v) is 5.17. The Labute approximate surface area is 151 Å². The first-order valence-corrected chi connectivity index (χ1v) is 8.94. The molecular weight excluding hydrogens is 332 g/mol. The van der Waals surface area contributed by atoms with Crippen LogP contribution in [0.1, 0.15) is 23.5 Å². The van der Waals surface area contributed by atoms with E-state index < -0.39 is 0 Å². The number of allylic oxidation sites excluding steroid dienone is 1. The zero-order valence-electron chi connectivity index (χ0n) is 13.9. The lowest BCUT2D eigenvalue weighted by Gasteiger charge is -2.25. The van der Waals surface area contributed by atoms with Crippen molar-refractivity contribution in [3.63, 3.8) is 0 Å². The van der Waals surface area contributed by atoms with Crippen LogP contribution < -0.4 is 10.1 Å². The molecule has 2 aromatic carbocycles. The Hall–Kier alpha value is -2.71. The van der Waals surface area contributed by atoms with Gasteiger partial charge in [-0.2, -0.15) is 5.26 Å². The molecule has 0 saturated heterocycles. The SMILES string of the molecule is COc1cccc(C2CC(=O)NC(SCc3ccccc3)=C2C#N)c1. The second-order valence-electron chi connectivity index (χ2n) is 5.71. The lowest BCUT2D eigenvalue weighted by Crippen LogP contribution is -2.30. The third kappa shape index (κ3) is 4.04. The van der Waals surface area contributed by atoms with E-state index in [0.717, 1.165) is 16.9 Å². The van der Waals surface area contributed by atoms with Gasteiger partial charge in [-0.25, -0.2) is 0 Å². The summed E-state index contributed by atoms with van der Waals surface area (Å²) in [7, 11) is 1.61. The molecule has 1 aliphatic rings. The molecule has 0 aliphatic carbocycles. The van der Waals surface area contributed by atoms with Crippen LogP contribution in [0.3, 0.4) is 0 Å². The topological polar surface area (TPSA) is 62.1 Å². The predicted octanol–water partition coefficient (Wildman–Crippen LogP) is 3.97. The molecule has 2 aromatic rings. The Morgan fingerprint density at radius 3 is 2.76 bits per heavy atom. The molecule has 0 saturated carbocycles. The summed E-state index contributed by atoms with van der Waals surface area (Å²) in [6.07, 6.45) is 0.269. The molecule has 0 bridgehead atoms. The lowest BCUT2D eigenvalue weighted by molar-refractivity contribution is -0.120. The highest BCUT2D eigenvalue weighted by atomic mass is 32.2. The number of rotatable bonds is 5. The first kappa shape index (κ1) is 17.1. The number of methoxy groups -OCH3 is 1. The second kappa shape index (κ2) is 7.91. The van der Waals surface area contributed by atoms with Crippen molar-refractivity contribution in [2.75, 3.05) is 7.11 Å². The summed E-state index contributed by atoms with van der Waals surface area (Å²) in [5.41, 5.74) is 2.67. The Morgan fingerprint density at radius 2 is 2.04 bits per heavy atom. The Kier molecular flexibility index (Phi) is 5.42. The summed E-state index contributed by atoms with van der Waals surface area (Å²) in [6, 6.07) is 19.8. The molecule has 1 amide bonds. The van der Waals surface area contributed by atoms with E-state index in [1.54, 1.807) is 7.11 Å². The molecule has 126 valence electrons. The molecule has 0 aromatic heterocycles. The summed E-state index contributed by atoms with van der Waals surface area (Å²) in [5, 5.41) is 13.2. The first-order valence-electron chi connectivity index (χ1n) is 7.96. The van der Waals surface area contributed by atoms with Crippen molar-refractivity contribution in [3.8, 4) is 11.8 Å². The van der Waals surface area contributed by atoms with E-state index in [0.29, 0.717) is 16.4 Å². The van der Waals surface area contributed by atoms with Crippen LogP contribution in [0.15, 0.2) is 65.2 Å². The number of benzene rings is 2. The molecule has 0 radical (unpaired) electrons. The van der Waals surface area contributed by atoms with Gasteiger partial charge in [0.15, 0.2) is 0 Å². The second-order valence-corrected chi connectivity index (χ2v) is 6.70. The van der Waals surface area contributed by atoms with Gasteiger partial charge in [0.05, 0.1) is 23.8 Å². The number of nitrogens with one attached hydrogen (secondary N) is 1.